The van der Waals surface area contributed by atoms with Crippen LogP contribution in [0.2, 0.25) is 0 Å². The van der Waals surface area contributed by atoms with Crippen LogP contribution in [0.15, 0.2) is 60.7 Å². The summed E-state index contributed by atoms with van der Waals surface area (Å²) in [5, 5.41) is 16.1. The van der Waals surface area contributed by atoms with Crippen molar-refractivity contribution < 1.29 is 23.9 Å². The van der Waals surface area contributed by atoms with Crippen molar-refractivity contribution in [3.8, 4) is 22.5 Å². The summed E-state index contributed by atoms with van der Waals surface area (Å²) in [6, 6.07) is 16.7. The second-order valence-corrected chi connectivity index (χ2v) is 8.33. The fraction of sp³-hybridized carbons (Fsp3) is 0.148. The standard InChI is InChI=1S/C27H25FN4O3/c1-15-7-5-8-16(2)23(15)21-14-18(11-12-22(21)28)25-30-17(3)24(32(25)35)27(34)31-20-10-6-9-19(13-20)26(33)29-4/h5-14,35H,1-4H3,(H2,29,31,33,34)/p+1. The van der Waals surface area contributed by atoms with E-state index in [1.54, 1.807) is 37.3 Å². The van der Waals surface area contributed by atoms with Gasteiger partial charge in [-0.2, -0.15) is 0 Å². The highest BCUT2D eigenvalue weighted by Gasteiger charge is 2.30. The molecule has 0 aliphatic heterocycles. The molecule has 0 aliphatic rings. The van der Waals surface area contributed by atoms with Gasteiger partial charge in [0.25, 0.3) is 11.6 Å². The van der Waals surface area contributed by atoms with Crippen molar-refractivity contribution in [2.24, 2.45) is 0 Å². The molecule has 0 fully saturated rings. The minimum absolute atomic E-state index is 0.0108. The zero-order valence-electron chi connectivity index (χ0n) is 19.9. The Morgan fingerprint density at radius 1 is 0.943 bits per heavy atom. The van der Waals surface area contributed by atoms with Gasteiger partial charge < -0.3 is 15.8 Å². The van der Waals surface area contributed by atoms with Gasteiger partial charge in [-0.1, -0.05) is 24.3 Å². The Bertz CT molecular complexity index is 1440. The van der Waals surface area contributed by atoms with Gasteiger partial charge >= 0.3 is 11.7 Å². The molecule has 3 aromatic carbocycles. The Morgan fingerprint density at radius 2 is 1.63 bits per heavy atom. The van der Waals surface area contributed by atoms with E-state index in [4.69, 9.17) is 0 Å². The predicted molar refractivity (Wildman–Crippen MR) is 131 cm³/mol. The molecule has 4 N–H and O–H groups in total. The summed E-state index contributed by atoms with van der Waals surface area (Å²) in [6.45, 7) is 5.49. The molecule has 4 aromatic rings. The van der Waals surface area contributed by atoms with E-state index in [0.29, 0.717) is 28.1 Å². The van der Waals surface area contributed by atoms with Crippen LogP contribution in [-0.2, 0) is 0 Å². The average molecular weight is 474 g/mol. The normalized spacial score (nSPS) is 10.8. The monoisotopic (exact) mass is 473 g/mol. The van der Waals surface area contributed by atoms with Gasteiger partial charge in [-0.15, -0.1) is 0 Å². The molecule has 35 heavy (non-hydrogen) atoms. The van der Waals surface area contributed by atoms with Crippen molar-refractivity contribution >= 4 is 17.5 Å². The molecule has 4 rings (SSSR count). The molecule has 2 amide bonds. The van der Waals surface area contributed by atoms with E-state index in [2.05, 4.69) is 15.6 Å². The smallest absolute Gasteiger partial charge is 0.327 e. The van der Waals surface area contributed by atoms with Crippen LogP contribution in [0.1, 0.15) is 37.7 Å². The molecule has 0 radical (unpaired) electrons. The highest BCUT2D eigenvalue weighted by molar-refractivity contribution is 6.03. The second-order valence-electron chi connectivity index (χ2n) is 8.33. The zero-order valence-corrected chi connectivity index (χ0v) is 19.9. The van der Waals surface area contributed by atoms with Gasteiger partial charge in [-0.3, -0.25) is 9.59 Å². The lowest BCUT2D eigenvalue weighted by molar-refractivity contribution is -0.896. The van der Waals surface area contributed by atoms with Gasteiger partial charge in [0.05, 0.1) is 5.56 Å². The lowest BCUT2D eigenvalue weighted by atomic mass is 9.94. The number of anilines is 1. The summed E-state index contributed by atoms with van der Waals surface area (Å²) in [7, 11) is 1.52. The van der Waals surface area contributed by atoms with Crippen molar-refractivity contribution in [3.63, 3.8) is 0 Å². The van der Waals surface area contributed by atoms with Crippen molar-refractivity contribution in [2.45, 2.75) is 20.8 Å². The molecule has 0 unspecified atom stereocenters. The molecule has 0 bridgehead atoms. The van der Waals surface area contributed by atoms with Crippen LogP contribution >= 0.6 is 0 Å². The minimum Gasteiger partial charge on any atom is -0.355 e. The number of carbonyl (C=O) groups is 2. The zero-order chi connectivity index (χ0) is 25.3. The number of imidazole rings is 1. The third-order valence-electron chi connectivity index (χ3n) is 5.90. The SMILES string of the molecule is CNC(=O)c1cccc(NC(=O)c2c(C)[nH]c(-c3ccc(F)c(-c4c(C)cccc4C)c3)[n+]2O)c1. The number of nitrogens with one attached hydrogen (secondary N) is 3. The number of aryl methyl sites for hydroxylation is 3. The first kappa shape index (κ1) is 23.7. The Hall–Kier alpha value is -4.46. The highest BCUT2D eigenvalue weighted by Crippen LogP contribution is 2.32. The molecule has 1 aromatic heterocycles. The van der Waals surface area contributed by atoms with Gasteiger partial charge in [0, 0.05) is 30.8 Å². The van der Waals surface area contributed by atoms with E-state index in [9.17, 15) is 19.2 Å². The molecule has 0 saturated heterocycles. The number of aromatic amines is 1. The maximum Gasteiger partial charge on any atom is 0.327 e. The minimum atomic E-state index is -0.571. The molecule has 0 atom stereocenters. The Labute approximate surface area is 202 Å². The molecule has 1 heterocycles. The van der Waals surface area contributed by atoms with Crippen LogP contribution in [0.4, 0.5) is 10.1 Å². The molecule has 7 nitrogen and oxygen atoms in total. The number of hydrogen-bond donors (Lipinski definition) is 4. The predicted octanol–water partition coefficient (Wildman–Crippen LogP) is 4.55. The van der Waals surface area contributed by atoms with E-state index < -0.39 is 5.91 Å². The fourth-order valence-corrected chi connectivity index (χ4v) is 4.20. The summed E-state index contributed by atoms with van der Waals surface area (Å²) < 4.78 is 15.6. The largest absolute Gasteiger partial charge is 0.355 e. The lowest BCUT2D eigenvalue weighted by Gasteiger charge is -2.11. The van der Waals surface area contributed by atoms with Crippen LogP contribution in [0, 0.1) is 26.6 Å². The summed E-state index contributed by atoms with van der Waals surface area (Å²) in [5.74, 6) is -1.000. The summed E-state index contributed by atoms with van der Waals surface area (Å²) in [5.41, 5.74) is 4.76. The first-order valence-corrected chi connectivity index (χ1v) is 11.0. The van der Waals surface area contributed by atoms with Crippen molar-refractivity contribution in [1.82, 2.24) is 10.3 Å². The van der Waals surface area contributed by atoms with Gasteiger partial charge in [0.15, 0.2) is 5.69 Å². The number of benzene rings is 3. The maximum absolute atomic E-state index is 14.8. The molecule has 0 spiro atoms. The number of halogens is 1. The van der Waals surface area contributed by atoms with Crippen molar-refractivity contribution in [2.75, 3.05) is 12.4 Å². The van der Waals surface area contributed by atoms with E-state index in [1.165, 1.54) is 19.2 Å². The summed E-state index contributed by atoms with van der Waals surface area (Å²) in [6.07, 6.45) is 0. The van der Waals surface area contributed by atoms with E-state index >= 15 is 0 Å². The number of H-pyrrole nitrogens is 1. The average Bonchev–Trinajstić information content (AvgIpc) is 3.13. The van der Waals surface area contributed by atoms with Crippen LogP contribution in [0.5, 0.6) is 0 Å². The second kappa shape index (κ2) is 9.42. The third kappa shape index (κ3) is 4.50. The fourth-order valence-electron chi connectivity index (χ4n) is 4.20. The van der Waals surface area contributed by atoms with E-state index in [-0.39, 0.29) is 23.2 Å². The first-order chi connectivity index (χ1) is 16.7. The first-order valence-electron chi connectivity index (χ1n) is 11.0. The maximum atomic E-state index is 14.8. The molecular weight excluding hydrogens is 447 g/mol. The molecule has 0 saturated carbocycles. The van der Waals surface area contributed by atoms with Gasteiger partial charge in [-0.25, -0.2) is 9.37 Å². The Morgan fingerprint density at radius 3 is 2.31 bits per heavy atom. The highest BCUT2D eigenvalue weighted by atomic mass is 19.1. The van der Waals surface area contributed by atoms with Gasteiger partial charge in [0.2, 0.25) is 0 Å². The van der Waals surface area contributed by atoms with Crippen LogP contribution < -0.4 is 15.4 Å². The number of nitrogens with zero attached hydrogens (tertiary/aromatic N) is 1. The Kier molecular flexibility index (Phi) is 6.38. The summed E-state index contributed by atoms with van der Waals surface area (Å²) in [4.78, 5) is 27.9. The quantitative estimate of drug-likeness (QED) is 0.253. The van der Waals surface area contributed by atoms with Crippen molar-refractivity contribution in [3.05, 3.63) is 94.6 Å². The van der Waals surface area contributed by atoms with Crippen molar-refractivity contribution in [1.29, 1.82) is 0 Å². The van der Waals surface area contributed by atoms with E-state index in [0.717, 1.165) is 21.4 Å². The van der Waals surface area contributed by atoms with Crippen LogP contribution in [0.25, 0.3) is 22.5 Å². The molecular formula is C27H26FN4O3+. The molecule has 178 valence electrons. The number of hydrogen-bond acceptors (Lipinski definition) is 3. The van der Waals surface area contributed by atoms with Crippen LogP contribution in [-0.4, -0.2) is 29.1 Å². The Balaban J connectivity index is 1.71. The summed E-state index contributed by atoms with van der Waals surface area (Å²) >= 11 is 0. The lowest BCUT2D eigenvalue weighted by Crippen LogP contribution is -2.39. The number of rotatable bonds is 5. The number of carbonyl (C=O) groups excluding carboxylic acids is 2. The molecule has 8 heteroatoms. The van der Waals surface area contributed by atoms with Crippen LogP contribution in [0.3, 0.4) is 0 Å². The number of amides is 2. The molecule has 0 aliphatic carbocycles. The number of aromatic nitrogens is 2. The van der Waals surface area contributed by atoms with Gasteiger partial charge in [-0.05, 0) is 71.7 Å². The van der Waals surface area contributed by atoms with E-state index in [1.807, 2.05) is 32.0 Å². The topological polar surface area (TPSA) is 98.1 Å². The third-order valence-corrected chi connectivity index (χ3v) is 5.90. The van der Waals surface area contributed by atoms with Gasteiger partial charge in [0.1, 0.15) is 5.82 Å².